The Hall–Kier alpha value is -2.10. The largest absolute Gasteiger partial charge is 0.434 e. The molecule has 1 aliphatic heterocycles. The molecule has 6 nitrogen and oxygen atoms in total. The summed E-state index contributed by atoms with van der Waals surface area (Å²) < 4.78 is 38.1. The number of thiazole rings is 1. The number of rotatable bonds is 2. The lowest BCUT2D eigenvalue weighted by Crippen LogP contribution is -2.49. The van der Waals surface area contributed by atoms with Crippen molar-refractivity contribution < 1.29 is 18.0 Å². The van der Waals surface area contributed by atoms with Crippen LogP contribution in [-0.2, 0) is 19.0 Å². The Kier molecular flexibility index (Phi) is 4.83. The first-order chi connectivity index (χ1) is 12.9. The number of fused-ring (bicyclic) bond motifs is 1. The smallest absolute Gasteiger partial charge is 0.348 e. The number of nitrogens with one attached hydrogen (secondary N) is 2. The van der Waals surface area contributed by atoms with E-state index in [0.717, 1.165) is 47.4 Å². The molecule has 1 atom stereocenters. The summed E-state index contributed by atoms with van der Waals surface area (Å²) in [5, 5.41) is 4.66. The third-order valence-corrected chi connectivity index (χ3v) is 6.27. The van der Waals surface area contributed by atoms with Crippen molar-refractivity contribution in [3.63, 3.8) is 0 Å². The molecule has 2 aromatic rings. The van der Waals surface area contributed by atoms with Gasteiger partial charge in [-0.2, -0.15) is 13.2 Å². The van der Waals surface area contributed by atoms with Crippen molar-refractivity contribution in [3.05, 3.63) is 33.8 Å². The number of likely N-dealkylation sites (tertiary alicyclic amines) is 1. The zero-order valence-electron chi connectivity index (χ0n) is 14.6. The minimum Gasteiger partial charge on any atom is -0.348 e. The molecule has 1 saturated heterocycles. The van der Waals surface area contributed by atoms with Gasteiger partial charge in [-0.3, -0.25) is 0 Å². The van der Waals surface area contributed by atoms with Crippen LogP contribution in [0.5, 0.6) is 0 Å². The molecule has 0 spiro atoms. The maximum Gasteiger partial charge on any atom is 0.434 e. The number of H-pyrrole nitrogens is 1. The molecule has 2 N–H and O–H groups in total. The SMILES string of the molecule is O=C(NC1CCc2nc[nH]c2C1)N1CCC(c2nc(C(F)(F)F)cs2)CC1. The molecule has 0 radical (unpaired) electrons. The Bertz CT molecular complexity index is 810. The minimum absolute atomic E-state index is 0.0163. The molecule has 1 fully saturated rings. The lowest BCUT2D eigenvalue weighted by atomic mass is 9.96. The number of aromatic nitrogens is 3. The Morgan fingerprint density at radius 1 is 1.30 bits per heavy atom. The first-order valence-electron chi connectivity index (χ1n) is 8.99. The number of carbonyl (C=O) groups is 1. The number of halogens is 3. The van der Waals surface area contributed by atoms with Gasteiger partial charge in [0.1, 0.15) is 0 Å². The number of aryl methyl sites for hydroxylation is 1. The number of hydrogen-bond donors (Lipinski definition) is 2. The van der Waals surface area contributed by atoms with Crippen LogP contribution >= 0.6 is 11.3 Å². The van der Waals surface area contributed by atoms with Crippen molar-refractivity contribution in [2.24, 2.45) is 0 Å². The first-order valence-corrected chi connectivity index (χ1v) is 9.87. The first kappa shape index (κ1) is 18.3. The molecular formula is C17H20F3N5OS. The highest BCUT2D eigenvalue weighted by Gasteiger charge is 2.35. The van der Waals surface area contributed by atoms with Gasteiger partial charge in [-0.15, -0.1) is 11.3 Å². The van der Waals surface area contributed by atoms with Crippen molar-refractivity contribution in [2.75, 3.05) is 13.1 Å². The molecule has 27 heavy (non-hydrogen) atoms. The number of aromatic amines is 1. The summed E-state index contributed by atoms with van der Waals surface area (Å²) in [4.78, 5) is 25.4. The lowest BCUT2D eigenvalue weighted by Gasteiger charge is -2.33. The molecule has 2 amide bonds. The standard InChI is InChI=1S/C17H20F3N5OS/c18-17(19,20)14-8-27-15(24-14)10-3-5-25(6-4-10)16(26)23-11-1-2-12-13(7-11)22-9-21-12/h8-11H,1-7H2,(H,21,22)(H,23,26). The molecule has 2 aliphatic rings. The second-order valence-electron chi connectivity index (χ2n) is 7.05. The van der Waals surface area contributed by atoms with Gasteiger partial charge in [-0.1, -0.05) is 0 Å². The second kappa shape index (κ2) is 7.14. The van der Waals surface area contributed by atoms with E-state index >= 15 is 0 Å². The second-order valence-corrected chi connectivity index (χ2v) is 7.94. The van der Waals surface area contributed by atoms with E-state index < -0.39 is 11.9 Å². The topological polar surface area (TPSA) is 73.9 Å². The van der Waals surface area contributed by atoms with E-state index in [-0.39, 0.29) is 18.0 Å². The number of carbonyl (C=O) groups excluding carboxylic acids is 1. The summed E-state index contributed by atoms with van der Waals surface area (Å²) in [5.74, 6) is -0.0163. The predicted octanol–water partition coefficient (Wildman–Crippen LogP) is 3.33. The molecule has 3 heterocycles. The molecule has 146 valence electrons. The summed E-state index contributed by atoms with van der Waals surface area (Å²) >= 11 is 1.06. The van der Waals surface area contributed by atoms with Gasteiger partial charge in [0.25, 0.3) is 0 Å². The molecule has 1 unspecified atom stereocenters. The molecule has 4 rings (SSSR count). The third kappa shape index (κ3) is 3.95. The van der Waals surface area contributed by atoms with Crippen LogP contribution in [0.25, 0.3) is 0 Å². The van der Waals surface area contributed by atoms with E-state index in [4.69, 9.17) is 0 Å². The number of urea groups is 1. The molecular weight excluding hydrogens is 379 g/mol. The fraction of sp³-hybridized carbons (Fsp3) is 0.588. The van der Waals surface area contributed by atoms with Gasteiger partial charge in [-0.05, 0) is 25.7 Å². The predicted molar refractivity (Wildman–Crippen MR) is 93.6 cm³/mol. The number of alkyl halides is 3. The highest BCUT2D eigenvalue weighted by molar-refractivity contribution is 7.09. The quantitative estimate of drug-likeness (QED) is 0.814. The van der Waals surface area contributed by atoms with Crippen molar-refractivity contribution in [2.45, 2.75) is 50.2 Å². The van der Waals surface area contributed by atoms with E-state index in [1.54, 1.807) is 11.2 Å². The van der Waals surface area contributed by atoms with Gasteiger partial charge in [0.15, 0.2) is 5.69 Å². The summed E-state index contributed by atoms with van der Waals surface area (Å²) in [7, 11) is 0. The number of imidazole rings is 1. The summed E-state index contributed by atoms with van der Waals surface area (Å²) in [6.45, 7) is 1.05. The van der Waals surface area contributed by atoms with E-state index in [2.05, 4.69) is 20.3 Å². The Morgan fingerprint density at radius 2 is 2.07 bits per heavy atom. The highest BCUT2D eigenvalue weighted by atomic mass is 32.1. The fourth-order valence-electron chi connectivity index (χ4n) is 3.72. The molecule has 10 heteroatoms. The third-order valence-electron chi connectivity index (χ3n) is 5.26. The number of amides is 2. The number of nitrogens with zero attached hydrogens (tertiary/aromatic N) is 3. The zero-order valence-corrected chi connectivity index (χ0v) is 15.4. The average Bonchev–Trinajstić information content (AvgIpc) is 3.30. The maximum absolute atomic E-state index is 12.7. The van der Waals surface area contributed by atoms with Crippen molar-refractivity contribution in [1.29, 1.82) is 0 Å². The van der Waals surface area contributed by atoms with Gasteiger partial charge in [0.05, 0.1) is 17.0 Å². The van der Waals surface area contributed by atoms with Crippen LogP contribution in [0.2, 0.25) is 0 Å². The summed E-state index contributed by atoms with van der Waals surface area (Å²) in [6, 6.07) is -0.0204. The monoisotopic (exact) mass is 399 g/mol. The molecule has 0 aromatic carbocycles. The van der Waals surface area contributed by atoms with Gasteiger partial charge >= 0.3 is 12.2 Å². The van der Waals surface area contributed by atoms with Gasteiger partial charge in [-0.25, -0.2) is 14.8 Å². The Balaban J connectivity index is 1.29. The van der Waals surface area contributed by atoms with E-state index in [1.165, 1.54) is 0 Å². The summed E-state index contributed by atoms with van der Waals surface area (Å²) in [5.41, 5.74) is 1.33. The molecule has 0 saturated carbocycles. The zero-order chi connectivity index (χ0) is 19.0. The van der Waals surface area contributed by atoms with E-state index in [0.29, 0.717) is 30.9 Å². The minimum atomic E-state index is -4.40. The number of hydrogen-bond acceptors (Lipinski definition) is 4. The molecule has 1 aliphatic carbocycles. The Labute approximate surface area is 158 Å². The number of piperidine rings is 1. The van der Waals surface area contributed by atoms with Crippen LogP contribution in [-0.4, -0.2) is 45.0 Å². The van der Waals surface area contributed by atoms with Crippen molar-refractivity contribution in [3.8, 4) is 0 Å². The maximum atomic E-state index is 12.7. The van der Waals surface area contributed by atoms with Crippen LogP contribution < -0.4 is 5.32 Å². The van der Waals surface area contributed by atoms with Gasteiger partial charge < -0.3 is 15.2 Å². The average molecular weight is 399 g/mol. The normalized spacial score (nSPS) is 21.1. The highest BCUT2D eigenvalue weighted by Crippen LogP contribution is 2.35. The van der Waals surface area contributed by atoms with Crippen molar-refractivity contribution in [1.82, 2.24) is 25.2 Å². The lowest BCUT2D eigenvalue weighted by molar-refractivity contribution is -0.140. The fourth-order valence-corrected chi connectivity index (χ4v) is 4.72. The van der Waals surface area contributed by atoms with Crippen LogP contribution in [0.3, 0.4) is 0 Å². The van der Waals surface area contributed by atoms with Crippen LogP contribution in [0.4, 0.5) is 18.0 Å². The van der Waals surface area contributed by atoms with Crippen LogP contribution in [0.15, 0.2) is 11.7 Å². The Morgan fingerprint density at radius 3 is 2.78 bits per heavy atom. The van der Waals surface area contributed by atoms with Crippen LogP contribution in [0.1, 0.15) is 47.3 Å². The summed E-state index contributed by atoms with van der Waals surface area (Å²) in [6.07, 6.45) is 1.00. The molecule has 0 bridgehead atoms. The van der Waals surface area contributed by atoms with E-state index in [1.807, 2.05) is 0 Å². The van der Waals surface area contributed by atoms with Crippen LogP contribution in [0, 0.1) is 0 Å². The van der Waals surface area contributed by atoms with Gasteiger partial charge in [0, 0.05) is 42.5 Å². The molecule has 2 aromatic heterocycles. The van der Waals surface area contributed by atoms with Gasteiger partial charge in [0.2, 0.25) is 0 Å². The van der Waals surface area contributed by atoms with Crippen molar-refractivity contribution >= 4 is 17.4 Å². The van der Waals surface area contributed by atoms with E-state index in [9.17, 15) is 18.0 Å².